The molecule has 0 amide bonds. The SMILES string of the molecule is CCOc1ccc(C(N)c2nc(C)n(C)n2)cc1OC. The number of nitrogens with two attached hydrogens (primary N) is 1. The molecule has 1 heterocycles. The Balaban J connectivity index is 2.32. The molecule has 1 unspecified atom stereocenters. The van der Waals surface area contributed by atoms with Gasteiger partial charge in [-0.1, -0.05) is 6.07 Å². The molecule has 6 nitrogen and oxygen atoms in total. The average Bonchev–Trinajstić information content (AvgIpc) is 2.78. The second-order valence-electron chi connectivity index (χ2n) is 4.46. The fourth-order valence-electron chi connectivity index (χ4n) is 1.92. The van der Waals surface area contributed by atoms with Crippen molar-refractivity contribution in [2.24, 2.45) is 12.8 Å². The first kappa shape index (κ1) is 14.3. The second kappa shape index (κ2) is 5.92. The van der Waals surface area contributed by atoms with Gasteiger partial charge in [0.15, 0.2) is 17.3 Å². The van der Waals surface area contributed by atoms with Crippen LogP contribution in [0.5, 0.6) is 11.5 Å². The highest BCUT2D eigenvalue weighted by atomic mass is 16.5. The van der Waals surface area contributed by atoms with Crippen LogP contribution in [-0.2, 0) is 7.05 Å². The zero-order valence-corrected chi connectivity index (χ0v) is 12.3. The minimum Gasteiger partial charge on any atom is -0.493 e. The number of benzene rings is 1. The monoisotopic (exact) mass is 276 g/mol. The topological polar surface area (TPSA) is 75.2 Å². The molecule has 0 saturated heterocycles. The smallest absolute Gasteiger partial charge is 0.172 e. The first-order valence-electron chi connectivity index (χ1n) is 6.50. The van der Waals surface area contributed by atoms with E-state index in [1.807, 2.05) is 39.1 Å². The standard InChI is InChI=1S/C14H20N4O2/c1-5-20-11-7-6-10(8-12(11)19-4)13(15)14-16-9(2)18(3)17-14/h6-8,13H,5,15H2,1-4H3. The number of aromatic nitrogens is 3. The maximum absolute atomic E-state index is 6.21. The summed E-state index contributed by atoms with van der Waals surface area (Å²) in [5, 5.41) is 4.31. The normalized spacial score (nSPS) is 12.2. The Morgan fingerprint density at radius 1 is 1.35 bits per heavy atom. The predicted octanol–water partition coefficient (Wildman–Crippen LogP) is 1.58. The van der Waals surface area contributed by atoms with Crippen LogP contribution in [0.3, 0.4) is 0 Å². The van der Waals surface area contributed by atoms with Crippen LogP contribution < -0.4 is 15.2 Å². The number of methoxy groups -OCH3 is 1. The van der Waals surface area contributed by atoms with Crippen LogP contribution in [0.25, 0.3) is 0 Å². The molecule has 0 bridgehead atoms. The second-order valence-corrected chi connectivity index (χ2v) is 4.46. The summed E-state index contributed by atoms with van der Waals surface area (Å²) in [4.78, 5) is 4.36. The predicted molar refractivity (Wildman–Crippen MR) is 75.9 cm³/mol. The minimum absolute atomic E-state index is 0.389. The van der Waals surface area contributed by atoms with Gasteiger partial charge in [0.2, 0.25) is 0 Å². The van der Waals surface area contributed by atoms with Crippen LogP contribution in [0.4, 0.5) is 0 Å². The number of aryl methyl sites for hydroxylation is 2. The summed E-state index contributed by atoms with van der Waals surface area (Å²) in [6.07, 6.45) is 0. The number of rotatable bonds is 5. The van der Waals surface area contributed by atoms with Crippen molar-refractivity contribution >= 4 is 0 Å². The molecule has 2 aromatic rings. The zero-order chi connectivity index (χ0) is 14.7. The molecular weight excluding hydrogens is 256 g/mol. The highest BCUT2D eigenvalue weighted by Gasteiger charge is 2.17. The Labute approximate surface area is 118 Å². The third-order valence-electron chi connectivity index (χ3n) is 3.12. The molecule has 2 N–H and O–H groups in total. The van der Waals surface area contributed by atoms with Gasteiger partial charge in [-0.2, -0.15) is 5.10 Å². The zero-order valence-electron chi connectivity index (χ0n) is 12.3. The van der Waals surface area contributed by atoms with E-state index in [4.69, 9.17) is 15.2 Å². The lowest BCUT2D eigenvalue weighted by Crippen LogP contribution is -2.14. The van der Waals surface area contributed by atoms with E-state index >= 15 is 0 Å². The molecule has 0 aliphatic rings. The highest BCUT2D eigenvalue weighted by molar-refractivity contribution is 5.44. The summed E-state index contributed by atoms with van der Waals surface area (Å²) >= 11 is 0. The van der Waals surface area contributed by atoms with E-state index in [2.05, 4.69) is 10.1 Å². The molecule has 2 rings (SSSR count). The fraction of sp³-hybridized carbons (Fsp3) is 0.429. The average molecular weight is 276 g/mol. The van der Waals surface area contributed by atoms with Crippen LogP contribution in [0.15, 0.2) is 18.2 Å². The van der Waals surface area contributed by atoms with E-state index in [-0.39, 0.29) is 6.04 Å². The Morgan fingerprint density at radius 2 is 2.10 bits per heavy atom. The van der Waals surface area contributed by atoms with Gasteiger partial charge in [0.25, 0.3) is 0 Å². The highest BCUT2D eigenvalue weighted by Crippen LogP contribution is 2.30. The molecule has 108 valence electrons. The van der Waals surface area contributed by atoms with Gasteiger partial charge in [0, 0.05) is 7.05 Å². The number of ether oxygens (including phenoxy) is 2. The van der Waals surface area contributed by atoms with Gasteiger partial charge in [0.05, 0.1) is 19.8 Å². The largest absolute Gasteiger partial charge is 0.493 e. The molecule has 1 aromatic carbocycles. The van der Waals surface area contributed by atoms with E-state index in [0.717, 1.165) is 11.4 Å². The first-order valence-corrected chi connectivity index (χ1v) is 6.50. The van der Waals surface area contributed by atoms with Crippen molar-refractivity contribution in [1.29, 1.82) is 0 Å². The molecule has 0 saturated carbocycles. The van der Waals surface area contributed by atoms with E-state index in [9.17, 15) is 0 Å². The van der Waals surface area contributed by atoms with Crippen molar-refractivity contribution in [2.45, 2.75) is 19.9 Å². The van der Waals surface area contributed by atoms with Gasteiger partial charge in [-0.05, 0) is 31.5 Å². The first-order chi connectivity index (χ1) is 9.56. The maximum atomic E-state index is 6.21. The summed E-state index contributed by atoms with van der Waals surface area (Å²) in [6, 6.07) is 5.23. The molecule has 0 aliphatic heterocycles. The van der Waals surface area contributed by atoms with E-state index in [1.165, 1.54) is 0 Å². The summed E-state index contributed by atoms with van der Waals surface area (Å²) in [5.41, 5.74) is 7.10. The van der Waals surface area contributed by atoms with Crippen LogP contribution >= 0.6 is 0 Å². The Kier molecular flexibility index (Phi) is 4.24. The molecule has 0 fully saturated rings. The third kappa shape index (κ3) is 2.75. The van der Waals surface area contributed by atoms with E-state index < -0.39 is 0 Å². The molecule has 0 aliphatic carbocycles. The lowest BCUT2D eigenvalue weighted by Gasteiger charge is -2.13. The minimum atomic E-state index is -0.389. The van der Waals surface area contributed by atoms with Crippen molar-refractivity contribution in [1.82, 2.24) is 14.8 Å². The fourth-order valence-corrected chi connectivity index (χ4v) is 1.92. The molecular formula is C14H20N4O2. The van der Waals surface area contributed by atoms with Crippen LogP contribution in [-0.4, -0.2) is 28.5 Å². The van der Waals surface area contributed by atoms with Gasteiger partial charge in [0.1, 0.15) is 5.82 Å². The Morgan fingerprint density at radius 3 is 2.65 bits per heavy atom. The van der Waals surface area contributed by atoms with Gasteiger partial charge in [-0.25, -0.2) is 4.98 Å². The van der Waals surface area contributed by atoms with Crippen molar-refractivity contribution < 1.29 is 9.47 Å². The third-order valence-corrected chi connectivity index (χ3v) is 3.12. The van der Waals surface area contributed by atoms with Gasteiger partial charge in [-0.3, -0.25) is 4.68 Å². The lowest BCUT2D eigenvalue weighted by molar-refractivity contribution is 0.310. The number of hydrogen-bond acceptors (Lipinski definition) is 5. The van der Waals surface area contributed by atoms with Gasteiger partial charge < -0.3 is 15.2 Å². The number of nitrogens with zero attached hydrogens (tertiary/aromatic N) is 3. The number of hydrogen-bond donors (Lipinski definition) is 1. The van der Waals surface area contributed by atoms with Crippen molar-refractivity contribution in [3.63, 3.8) is 0 Å². The summed E-state index contributed by atoms with van der Waals surface area (Å²) in [7, 11) is 3.45. The van der Waals surface area contributed by atoms with Crippen molar-refractivity contribution in [3.05, 3.63) is 35.4 Å². The van der Waals surface area contributed by atoms with Crippen LogP contribution in [0, 0.1) is 6.92 Å². The molecule has 0 radical (unpaired) electrons. The van der Waals surface area contributed by atoms with E-state index in [0.29, 0.717) is 23.9 Å². The molecule has 0 spiro atoms. The van der Waals surface area contributed by atoms with Crippen molar-refractivity contribution in [2.75, 3.05) is 13.7 Å². The van der Waals surface area contributed by atoms with E-state index in [1.54, 1.807) is 11.8 Å². The quantitative estimate of drug-likeness (QED) is 0.897. The Bertz CT molecular complexity index is 575. The van der Waals surface area contributed by atoms with Gasteiger partial charge >= 0.3 is 0 Å². The molecule has 1 atom stereocenters. The maximum Gasteiger partial charge on any atom is 0.172 e. The summed E-state index contributed by atoms with van der Waals surface area (Å²) in [5.74, 6) is 2.79. The van der Waals surface area contributed by atoms with Crippen LogP contribution in [0.2, 0.25) is 0 Å². The lowest BCUT2D eigenvalue weighted by atomic mass is 10.1. The Hall–Kier alpha value is -2.08. The molecule has 1 aromatic heterocycles. The van der Waals surface area contributed by atoms with Crippen LogP contribution in [0.1, 0.15) is 30.2 Å². The molecule has 6 heteroatoms. The summed E-state index contributed by atoms with van der Waals surface area (Å²) in [6.45, 7) is 4.41. The van der Waals surface area contributed by atoms with Crippen molar-refractivity contribution in [3.8, 4) is 11.5 Å². The van der Waals surface area contributed by atoms with Gasteiger partial charge in [-0.15, -0.1) is 0 Å². The summed E-state index contributed by atoms with van der Waals surface area (Å²) < 4.78 is 12.5. The molecule has 20 heavy (non-hydrogen) atoms.